The van der Waals surface area contributed by atoms with E-state index in [1.54, 1.807) is 6.07 Å². The maximum Gasteiger partial charge on any atom is 0.123 e. The van der Waals surface area contributed by atoms with Crippen molar-refractivity contribution in [2.24, 2.45) is 0 Å². The van der Waals surface area contributed by atoms with Crippen molar-refractivity contribution in [3.8, 4) is 0 Å². The minimum Gasteiger partial charge on any atom is -0.358 e. The Bertz CT molecular complexity index is 615. The third-order valence-electron chi connectivity index (χ3n) is 4.59. The van der Waals surface area contributed by atoms with Gasteiger partial charge < -0.3 is 9.88 Å². The van der Waals surface area contributed by atoms with E-state index in [0.717, 1.165) is 17.3 Å². The van der Waals surface area contributed by atoms with Crippen molar-refractivity contribution >= 4 is 10.9 Å². The molecule has 2 heterocycles. The molecule has 1 saturated heterocycles. The van der Waals surface area contributed by atoms with Gasteiger partial charge in [0, 0.05) is 22.6 Å². The van der Waals surface area contributed by atoms with Gasteiger partial charge in [0.2, 0.25) is 0 Å². The van der Waals surface area contributed by atoms with Crippen LogP contribution in [0.15, 0.2) is 18.2 Å². The zero-order chi connectivity index (χ0) is 14.3. The van der Waals surface area contributed by atoms with Crippen molar-refractivity contribution in [2.75, 3.05) is 13.6 Å². The molecule has 1 aliphatic heterocycles. The second-order valence-corrected chi connectivity index (χ2v) is 6.34. The molecule has 2 nitrogen and oxygen atoms in total. The molecule has 1 atom stereocenters. The van der Waals surface area contributed by atoms with E-state index in [1.165, 1.54) is 36.7 Å². The second kappa shape index (κ2) is 5.21. The summed E-state index contributed by atoms with van der Waals surface area (Å²) >= 11 is 0. The Balaban J connectivity index is 2.05. The molecule has 0 spiro atoms. The number of H-pyrrole nitrogens is 1. The minimum atomic E-state index is -0.146. The second-order valence-electron chi connectivity index (χ2n) is 6.34. The van der Waals surface area contributed by atoms with Gasteiger partial charge in [-0.1, -0.05) is 13.8 Å². The van der Waals surface area contributed by atoms with Gasteiger partial charge in [-0.3, -0.25) is 0 Å². The van der Waals surface area contributed by atoms with Crippen LogP contribution in [0.2, 0.25) is 0 Å². The van der Waals surface area contributed by atoms with Crippen LogP contribution in [0.4, 0.5) is 4.39 Å². The molecule has 0 aliphatic carbocycles. The van der Waals surface area contributed by atoms with E-state index >= 15 is 0 Å². The van der Waals surface area contributed by atoms with Gasteiger partial charge in [0.05, 0.1) is 0 Å². The van der Waals surface area contributed by atoms with Crippen LogP contribution in [0.25, 0.3) is 10.9 Å². The first-order valence-electron chi connectivity index (χ1n) is 7.56. The van der Waals surface area contributed by atoms with Crippen LogP contribution in [0, 0.1) is 5.82 Å². The van der Waals surface area contributed by atoms with Crippen LogP contribution in [0.3, 0.4) is 0 Å². The number of halogens is 1. The number of likely N-dealkylation sites (tertiary alicyclic amines) is 1. The first-order valence-corrected chi connectivity index (χ1v) is 7.56. The van der Waals surface area contributed by atoms with Crippen molar-refractivity contribution in [1.29, 1.82) is 0 Å². The molecule has 0 bridgehead atoms. The summed E-state index contributed by atoms with van der Waals surface area (Å²) in [6.07, 6.45) is 3.54. The maximum atomic E-state index is 13.6. The summed E-state index contributed by atoms with van der Waals surface area (Å²) in [5, 5.41) is 1.06. The SMILES string of the molecule is CC(C)c1[nH]c2ccc(F)cc2c1C[C@H]1CCCN1C. The number of rotatable bonds is 3. The van der Waals surface area contributed by atoms with Crippen molar-refractivity contribution in [1.82, 2.24) is 9.88 Å². The van der Waals surface area contributed by atoms with E-state index in [0.29, 0.717) is 12.0 Å². The Labute approximate surface area is 120 Å². The molecule has 108 valence electrons. The summed E-state index contributed by atoms with van der Waals surface area (Å²) in [5.74, 6) is 0.292. The molecule has 2 aromatic rings. The van der Waals surface area contributed by atoms with Gasteiger partial charge in [0.1, 0.15) is 5.82 Å². The quantitative estimate of drug-likeness (QED) is 0.894. The summed E-state index contributed by atoms with van der Waals surface area (Å²) in [7, 11) is 2.20. The fourth-order valence-corrected chi connectivity index (χ4v) is 3.43. The van der Waals surface area contributed by atoms with E-state index in [1.807, 2.05) is 6.07 Å². The summed E-state index contributed by atoms with van der Waals surface area (Å²) < 4.78 is 13.6. The van der Waals surface area contributed by atoms with Gasteiger partial charge in [-0.25, -0.2) is 4.39 Å². The molecule has 1 aromatic heterocycles. The van der Waals surface area contributed by atoms with E-state index in [9.17, 15) is 4.39 Å². The molecule has 1 fully saturated rings. The van der Waals surface area contributed by atoms with Crippen LogP contribution in [-0.2, 0) is 6.42 Å². The Morgan fingerprint density at radius 1 is 1.40 bits per heavy atom. The van der Waals surface area contributed by atoms with Crippen LogP contribution >= 0.6 is 0 Å². The van der Waals surface area contributed by atoms with Gasteiger partial charge in [-0.2, -0.15) is 0 Å². The first kappa shape index (κ1) is 13.6. The van der Waals surface area contributed by atoms with Crippen molar-refractivity contribution in [3.63, 3.8) is 0 Å². The van der Waals surface area contributed by atoms with Gasteiger partial charge in [-0.15, -0.1) is 0 Å². The summed E-state index contributed by atoms with van der Waals surface area (Å²) in [4.78, 5) is 5.93. The number of hydrogen-bond donors (Lipinski definition) is 1. The summed E-state index contributed by atoms with van der Waals surface area (Å²) in [5.41, 5.74) is 3.64. The molecule has 0 radical (unpaired) electrons. The number of hydrogen-bond acceptors (Lipinski definition) is 1. The van der Waals surface area contributed by atoms with E-state index < -0.39 is 0 Å². The Morgan fingerprint density at radius 2 is 2.20 bits per heavy atom. The normalized spacial score (nSPS) is 20.4. The number of aromatic amines is 1. The zero-order valence-electron chi connectivity index (χ0n) is 12.5. The predicted octanol–water partition coefficient (Wildman–Crippen LogP) is 4.07. The lowest BCUT2D eigenvalue weighted by atomic mass is 9.96. The lowest BCUT2D eigenvalue weighted by Gasteiger charge is -2.20. The van der Waals surface area contributed by atoms with Crippen molar-refractivity contribution < 1.29 is 4.39 Å². The monoisotopic (exact) mass is 274 g/mol. The molecule has 3 rings (SSSR count). The topological polar surface area (TPSA) is 19.0 Å². The predicted molar refractivity (Wildman–Crippen MR) is 81.7 cm³/mol. The molecule has 1 aliphatic rings. The number of aromatic nitrogens is 1. The molecule has 0 saturated carbocycles. The van der Waals surface area contributed by atoms with E-state index in [2.05, 4.69) is 30.8 Å². The molecular formula is C17H23FN2. The number of nitrogens with zero attached hydrogens (tertiary/aromatic N) is 1. The zero-order valence-corrected chi connectivity index (χ0v) is 12.5. The van der Waals surface area contributed by atoms with Crippen molar-refractivity contribution in [2.45, 2.75) is 45.1 Å². The van der Waals surface area contributed by atoms with Crippen LogP contribution in [0.5, 0.6) is 0 Å². The summed E-state index contributed by atoms with van der Waals surface area (Å²) in [6.45, 7) is 5.57. The third kappa shape index (κ3) is 2.35. The highest BCUT2D eigenvalue weighted by Crippen LogP contribution is 2.31. The molecule has 1 aromatic carbocycles. The van der Waals surface area contributed by atoms with E-state index in [4.69, 9.17) is 0 Å². The maximum absolute atomic E-state index is 13.6. The van der Waals surface area contributed by atoms with Gasteiger partial charge in [0.25, 0.3) is 0 Å². The smallest absolute Gasteiger partial charge is 0.123 e. The Hall–Kier alpha value is -1.35. The van der Waals surface area contributed by atoms with Crippen LogP contribution < -0.4 is 0 Å². The lowest BCUT2D eigenvalue weighted by molar-refractivity contribution is 0.309. The minimum absolute atomic E-state index is 0.146. The third-order valence-corrected chi connectivity index (χ3v) is 4.59. The largest absolute Gasteiger partial charge is 0.358 e. The standard InChI is InChI=1S/C17H23FN2/c1-11(2)17-15(10-13-5-4-8-20(13)3)14-9-12(18)6-7-16(14)19-17/h6-7,9,11,13,19H,4-5,8,10H2,1-3H3/t13-/m1/s1. The summed E-state index contributed by atoms with van der Waals surface area (Å²) in [6, 6.07) is 5.67. The van der Waals surface area contributed by atoms with E-state index in [-0.39, 0.29) is 5.82 Å². The highest BCUT2D eigenvalue weighted by atomic mass is 19.1. The van der Waals surface area contributed by atoms with Crippen molar-refractivity contribution in [3.05, 3.63) is 35.3 Å². The first-order chi connectivity index (χ1) is 9.56. The molecule has 1 N–H and O–H groups in total. The van der Waals surface area contributed by atoms with Crippen LogP contribution in [0.1, 0.15) is 43.9 Å². The number of likely N-dealkylation sites (N-methyl/N-ethyl adjacent to an activating group) is 1. The average molecular weight is 274 g/mol. The Kier molecular flexibility index (Phi) is 3.55. The number of nitrogens with one attached hydrogen (secondary N) is 1. The molecular weight excluding hydrogens is 251 g/mol. The number of benzene rings is 1. The molecule has 0 amide bonds. The van der Waals surface area contributed by atoms with Gasteiger partial charge in [-0.05, 0) is 62.5 Å². The van der Waals surface area contributed by atoms with Gasteiger partial charge >= 0.3 is 0 Å². The lowest BCUT2D eigenvalue weighted by Crippen LogP contribution is -2.27. The molecule has 0 unspecified atom stereocenters. The van der Waals surface area contributed by atoms with Gasteiger partial charge in [0.15, 0.2) is 0 Å². The highest BCUT2D eigenvalue weighted by Gasteiger charge is 2.24. The Morgan fingerprint density at radius 3 is 2.85 bits per heavy atom. The fraction of sp³-hybridized carbons (Fsp3) is 0.529. The highest BCUT2D eigenvalue weighted by molar-refractivity contribution is 5.85. The fourth-order valence-electron chi connectivity index (χ4n) is 3.43. The average Bonchev–Trinajstić information content (AvgIpc) is 2.95. The molecule has 20 heavy (non-hydrogen) atoms. The van der Waals surface area contributed by atoms with Crippen LogP contribution in [-0.4, -0.2) is 29.5 Å². The number of fused-ring (bicyclic) bond motifs is 1. The molecule has 3 heteroatoms.